The van der Waals surface area contributed by atoms with Gasteiger partial charge in [-0.3, -0.25) is 9.69 Å². The maximum atomic E-state index is 12.7. The van der Waals surface area contributed by atoms with Crippen molar-refractivity contribution in [1.29, 1.82) is 0 Å². The van der Waals surface area contributed by atoms with Gasteiger partial charge in [0.2, 0.25) is 0 Å². The van der Waals surface area contributed by atoms with Crippen LogP contribution in [0.4, 0.5) is 4.79 Å². The van der Waals surface area contributed by atoms with Gasteiger partial charge in [0.1, 0.15) is 6.61 Å². The zero-order valence-corrected chi connectivity index (χ0v) is 14.9. The number of methoxy groups -OCH3 is 1. The third-order valence-electron chi connectivity index (χ3n) is 4.70. The molecular formula is C19H27NO5. The number of amides is 1. The number of rotatable bonds is 6. The summed E-state index contributed by atoms with van der Waals surface area (Å²) in [6.07, 6.45) is 1.78. The summed E-state index contributed by atoms with van der Waals surface area (Å²) in [7, 11) is 1.33. The third kappa shape index (κ3) is 5.19. The van der Waals surface area contributed by atoms with E-state index in [0.29, 0.717) is 19.3 Å². The Bertz CT molecular complexity index is 562. The monoisotopic (exact) mass is 349 g/mol. The van der Waals surface area contributed by atoms with Crippen LogP contribution in [0.1, 0.15) is 44.6 Å². The molecule has 6 heteroatoms. The number of hydrogen-bond donors (Lipinski definition) is 1. The van der Waals surface area contributed by atoms with E-state index in [1.165, 1.54) is 7.11 Å². The molecule has 1 aromatic rings. The van der Waals surface area contributed by atoms with E-state index in [2.05, 4.69) is 0 Å². The lowest BCUT2D eigenvalue weighted by Crippen LogP contribution is -2.55. The number of hydrogen-bond acceptors (Lipinski definition) is 5. The van der Waals surface area contributed by atoms with Crippen LogP contribution < -0.4 is 0 Å². The smallest absolute Gasteiger partial charge is 0.410 e. The Morgan fingerprint density at radius 1 is 1.28 bits per heavy atom. The highest BCUT2D eigenvalue weighted by Crippen LogP contribution is 2.29. The van der Waals surface area contributed by atoms with Crippen LogP contribution in [-0.2, 0) is 20.9 Å². The summed E-state index contributed by atoms with van der Waals surface area (Å²) in [4.78, 5) is 26.0. The summed E-state index contributed by atoms with van der Waals surface area (Å²) in [6.45, 7) is 2.04. The molecule has 1 saturated heterocycles. The lowest BCUT2D eigenvalue weighted by Gasteiger charge is -2.42. The van der Waals surface area contributed by atoms with E-state index < -0.39 is 12.2 Å². The average Bonchev–Trinajstić information content (AvgIpc) is 2.65. The first-order valence-corrected chi connectivity index (χ1v) is 8.80. The van der Waals surface area contributed by atoms with Gasteiger partial charge in [0.05, 0.1) is 25.7 Å². The first-order valence-electron chi connectivity index (χ1n) is 8.80. The minimum atomic E-state index is -0.635. The molecule has 25 heavy (non-hydrogen) atoms. The lowest BCUT2D eigenvalue weighted by molar-refractivity contribution is -0.142. The SMILES string of the molecule is CC[C@@H](O)[C@H]1CCC[C@@H](CC(=O)OC)N1C(=O)OCc1ccccc1. The predicted octanol–water partition coefficient (Wildman–Crippen LogP) is 2.88. The van der Waals surface area contributed by atoms with Crippen LogP contribution in [0.25, 0.3) is 0 Å². The standard InChI is InChI=1S/C19H27NO5/c1-3-17(21)16-11-7-10-15(12-18(22)24-2)20(16)19(23)25-13-14-8-5-4-6-9-14/h4-6,8-9,15-17,21H,3,7,10-13H2,1-2H3/t15-,16+,17+/m0/s1. The van der Waals surface area contributed by atoms with Gasteiger partial charge in [-0.1, -0.05) is 37.3 Å². The topological polar surface area (TPSA) is 76.1 Å². The Morgan fingerprint density at radius 3 is 2.64 bits per heavy atom. The zero-order valence-electron chi connectivity index (χ0n) is 14.9. The van der Waals surface area contributed by atoms with Crippen molar-refractivity contribution in [3.63, 3.8) is 0 Å². The van der Waals surface area contributed by atoms with Crippen molar-refractivity contribution in [3.05, 3.63) is 35.9 Å². The van der Waals surface area contributed by atoms with E-state index >= 15 is 0 Å². The third-order valence-corrected chi connectivity index (χ3v) is 4.70. The molecule has 0 aliphatic carbocycles. The summed E-state index contributed by atoms with van der Waals surface area (Å²) in [6, 6.07) is 8.78. The second kappa shape index (κ2) is 9.42. The number of carbonyl (C=O) groups is 2. The van der Waals surface area contributed by atoms with Crippen molar-refractivity contribution < 1.29 is 24.2 Å². The molecule has 1 heterocycles. The molecule has 1 aromatic carbocycles. The fraction of sp³-hybridized carbons (Fsp3) is 0.579. The zero-order chi connectivity index (χ0) is 18.2. The van der Waals surface area contributed by atoms with Crippen molar-refractivity contribution in [1.82, 2.24) is 4.90 Å². The van der Waals surface area contributed by atoms with Crippen LogP contribution >= 0.6 is 0 Å². The molecule has 1 aliphatic heterocycles. The highest BCUT2D eigenvalue weighted by molar-refractivity contribution is 5.73. The predicted molar refractivity (Wildman–Crippen MR) is 92.8 cm³/mol. The molecule has 1 aliphatic rings. The van der Waals surface area contributed by atoms with Crippen LogP contribution in [0.2, 0.25) is 0 Å². The number of piperidine rings is 1. The van der Waals surface area contributed by atoms with Gasteiger partial charge in [-0.05, 0) is 31.2 Å². The molecule has 6 nitrogen and oxygen atoms in total. The van der Waals surface area contributed by atoms with Gasteiger partial charge in [0, 0.05) is 6.04 Å². The number of aliphatic hydroxyl groups excluding tert-OH is 1. The summed E-state index contributed by atoms with van der Waals surface area (Å²) < 4.78 is 10.2. The highest BCUT2D eigenvalue weighted by atomic mass is 16.6. The Labute approximate surface area is 148 Å². The summed E-state index contributed by atoms with van der Waals surface area (Å²) in [5.41, 5.74) is 0.893. The Balaban J connectivity index is 2.11. The quantitative estimate of drug-likeness (QED) is 0.799. The minimum absolute atomic E-state index is 0.115. The molecule has 0 saturated carbocycles. The average molecular weight is 349 g/mol. The van der Waals surface area contributed by atoms with Crippen molar-refractivity contribution >= 4 is 12.1 Å². The lowest BCUT2D eigenvalue weighted by atomic mass is 9.90. The first-order chi connectivity index (χ1) is 12.1. The van der Waals surface area contributed by atoms with E-state index in [1.54, 1.807) is 4.90 Å². The fourth-order valence-electron chi connectivity index (χ4n) is 3.32. The Kier molecular flexibility index (Phi) is 7.25. The number of ether oxygens (including phenoxy) is 2. The van der Waals surface area contributed by atoms with Crippen LogP contribution in [0.5, 0.6) is 0 Å². The molecule has 1 N–H and O–H groups in total. The molecule has 0 spiro atoms. The number of aliphatic hydroxyl groups is 1. The van der Waals surface area contributed by atoms with Gasteiger partial charge in [0.25, 0.3) is 0 Å². The second-order valence-electron chi connectivity index (χ2n) is 6.36. The Hall–Kier alpha value is -2.08. The van der Waals surface area contributed by atoms with Crippen molar-refractivity contribution in [2.24, 2.45) is 0 Å². The largest absolute Gasteiger partial charge is 0.469 e. The molecular weight excluding hydrogens is 322 g/mol. The van der Waals surface area contributed by atoms with Gasteiger partial charge in [-0.15, -0.1) is 0 Å². The second-order valence-corrected chi connectivity index (χ2v) is 6.36. The van der Waals surface area contributed by atoms with Gasteiger partial charge >= 0.3 is 12.1 Å². The van der Waals surface area contributed by atoms with Gasteiger partial charge in [-0.25, -0.2) is 4.79 Å². The molecule has 0 aromatic heterocycles. The number of likely N-dealkylation sites (tertiary alicyclic amines) is 1. The van der Waals surface area contributed by atoms with Gasteiger partial charge in [0.15, 0.2) is 0 Å². The number of nitrogens with zero attached hydrogens (tertiary/aromatic N) is 1. The fourth-order valence-corrected chi connectivity index (χ4v) is 3.32. The Morgan fingerprint density at radius 2 is 2.00 bits per heavy atom. The van der Waals surface area contributed by atoms with Crippen molar-refractivity contribution in [2.45, 2.75) is 63.8 Å². The molecule has 0 unspecified atom stereocenters. The molecule has 138 valence electrons. The number of carbonyl (C=O) groups excluding carboxylic acids is 2. The first kappa shape index (κ1) is 19.2. The molecule has 2 rings (SSSR count). The molecule has 1 fully saturated rings. The van der Waals surface area contributed by atoms with E-state index in [-0.39, 0.29) is 31.1 Å². The van der Waals surface area contributed by atoms with Gasteiger partial charge in [-0.2, -0.15) is 0 Å². The maximum Gasteiger partial charge on any atom is 0.410 e. The maximum absolute atomic E-state index is 12.7. The van der Waals surface area contributed by atoms with E-state index in [9.17, 15) is 14.7 Å². The van der Waals surface area contributed by atoms with Gasteiger partial charge < -0.3 is 14.6 Å². The summed E-state index contributed by atoms with van der Waals surface area (Å²) >= 11 is 0. The summed E-state index contributed by atoms with van der Waals surface area (Å²) in [5.74, 6) is -0.363. The number of esters is 1. The summed E-state index contributed by atoms with van der Waals surface area (Å²) in [5, 5.41) is 10.3. The van der Waals surface area contributed by atoms with Crippen LogP contribution in [0.15, 0.2) is 30.3 Å². The molecule has 0 radical (unpaired) electrons. The van der Waals surface area contributed by atoms with Crippen LogP contribution in [0, 0.1) is 0 Å². The van der Waals surface area contributed by atoms with Crippen LogP contribution in [-0.4, -0.2) is 47.4 Å². The normalized spacial score (nSPS) is 21.5. The molecule has 0 bridgehead atoms. The molecule has 3 atom stereocenters. The highest BCUT2D eigenvalue weighted by Gasteiger charge is 2.39. The number of benzene rings is 1. The van der Waals surface area contributed by atoms with E-state index in [0.717, 1.165) is 12.0 Å². The van der Waals surface area contributed by atoms with Crippen molar-refractivity contribution in [3.8, 4) is 0 Å². The van der Waals surface area contributed by atoms with E-state index in [4.69, 9.17) is 9.47 Å². The minimum Gasteiger partial charge on any atom is -0.469 e. The molecule has 1 amide bonds. The van der Waals surface area contributed by atoms with Crippen molar-refractivity contribution in [2.75, 3.05) is 7.11 Å². The van der Waals surface area contributed by atoms with E-state index in [1.807, 2.05) is 37.3 Å². The van der Waals surface area contributed by atoms with Crippen LogP contribution in [0.3, 0.4) is 0 Å².